The van der Waals surface area contributed by atoms with Crippen molar-refractivity contribution < 1.29 is 23.8 Å². The van der Waals surface area contributed by atoms with Crippen LogP contribution in [-0.2, 0) is 9.53 Å². The Morgan fingerprint density at radius 3 is 2.44 bits per heavy atom. The molecular formula is C20H22N2O5. The van der Waals surface area contributed by atoms with Crippen LogP contribution in [0.3, 0.4) is 0 Å². The number of carbonyl (C=O) groups is 2. The molecule has 7 heteroatoms. The molecule has 0 saturated carbocycles. The fourth-order valence-corrected chi connectivity index (χ4v) is 2.78. The Morgan fingerprint density at radius 1 is 1.04 bits per heavy atom. The van der Waals surface area contributed by atoms with Gasteiger partial charge in [0, 0.05) is 13.1 Å². The van der Waals surface area contributed by atoms with Gasteiger partial charge in [0.05, 0.1) is 31.6 Å². The first-order valence-electron chi connectivity index (χ1n) is 8.71. The van der Waals surface area contributed by atoms with E-state index in [1.165, 1.54) is 7.11 Å². The van der Waals surface area contributed by atoms with Crippen molar-refractivity contribution in [2.24, 2.45) is 0 Å². The molecule has 1 N–H and O–H groups in total. The van der Waals surface area contributed by atoms with Crippen LogP contribution in [0.15, 0.2) is 48.5 Å². The van der Waals surface area contributed by atoms with Gasteiger partial charge in [-0.05, 0) is 24.3 Å². The van der Waals surface area contributed by atoms with E-state index in [2.05, 4.69) is 5.32 Å². The summed E-state index contributed by atoms with van der Waals surface area (Å²) < 4.78 is 16.0. The first kappa shape index (κ1) is 18.7. The molecular weight excluding hydrogens is 348 g/mol. The lowest BCUT2D eigenvalue weighted by atomic mass is 10.1. The molecule has 1 aliphatic heterocycles. The monoisotopic (exact) mass is 370 g/mol. The Bertz CT molecular complexity index is 802. The zero-order chi connectivity index (χ0) is 19.1. The number of methoxy groups -OCH3 is 1. The van der Waals surface area contributed by atoms with Crippen LogP contribution in [0.4, 0.5) is 5.69 Å². The van der Waals surface area contributed by atoms with Crippen LogP contribution in [0, 0.1) is 0 Å². The van der Waals surface area contributed by atoms with E-state index in [0.717, 1.165) is 0 Å². The summed E-state index contributed by atoms with van der Waals surface area (Å²) in [6, 6.07) is 14.0. The van der Waals surface area contributed by atoms with Gasteiger partial charge in [0.15, 0.2) is 18.1 Å². The largest absolute Gasteiger partial charge is 0.493 e. The second kappa shape index (κ2) is 9.05. The van der Waals surface area contributed by atoms with Crippen molar-refractivity contribution in [3.8, 4) is 11.5 Å². The molecule has 0 unspecified atom stereocenters. The molecule has 27 heavy (non-hydrogen) atoms. The zero-order valence-electron chi connectivity index (χ0n) is 15.1. The number of anilines is 1. The van der Waals surface area contributed by atoms with Crippen LogP contribution in [-0.4, -0.2) is 56.7 Å². The lowest BCUT2D eigenvalue weighted by molar-refractivity contribution is -0.118. The Balaban J connectivity index is 1.65. The van der Waals surface area contributed by atoms with E-state index in [0.29, 0.717) is 49.1 Å². The summed E-state index contributed by atoms with van der Waals surface area (Å²) in [5.41, 5.74) is 0.910. The average Bonchev–Trinajstić information content (AvgIpc) is 2.73. The second-order valence-electron chi connectivity index (χ2n) is 5.94. The second-order valence-corrected chi connectivity index (χ2v) is 5.94. The zero-order valence-corrected chi connectivity index (χ0v) is 15.1. The lowest BCUT2D eigenvalue weighted by Crippen LogP contribution is -2.41. The lowest BCUT2D eigenvalue weighted by Gasteiger charge is -2.27. The number of carbonyl (C=O) groups excluding carboxylic acids is 2. The number of amides is 2. The molecule has 2 amide bonds. The quantitative estimate of drug-likeness (QED) is 0.843. The third-order valence-electron chi connectivity index (χ3n) is 4.16. The van der Waals surface area contributed by atoms with Crippen molar-refractivity contribution in [2.45, 2.75) is 0 Å². The van der Waals surface area contributed by atoms with Crippen molar-refractivity contribution in [3.63, 3.8) is 0 Å². The van der Waals surface area contributed by atoms with Crippen LogP contribution >= 0.6 is 0 Å². The topological polar surface area (TPSA) is 77.1 Å². The molecule has 1 aliphatic rings. The Hall–Kier alpha value is -3.06. The highest BCUT2D eigenvalue weighted by Gasteiger charge is 2.21. The standard InChI is InChI=1S/C20H22N2O5/c1-25-17-8-4-5-9-18(17)27-14-19(23)21-16-7-3-2-6-15(16)20(24)22-10-12-26-13-11-22/h2-9H,10-14H2,1H3,(H,21,23). The minimum atomic E-state index is -0.358. The normalized spacial score (nSPS) is 13.7. The molecule has 3 rings (SSSR count). The minimum absolute atomic E-state index is 0.125. The highest BCUT2D eigenvalue weighted by Crippen LogP contribution is 2.25. The number of hydrogen-bond donors (Lipinski definition) is 1. The molecule has 0 aliphatic carbocycles. The number of ether oxygens (including phenoxy) is 3. The van der Waals surface area contributed by atoms with Crippen molar-refractivity contribution in [3.05, 3.63) is 54.1 Å². The molecule has 0 atom stereocenters. The first-order valence-corrected chi connectivity index (χ1v) is 8.71. The molecule has 0 radical (unpaired) electrons. The maximum absolute atomic E-state index is 12.7. The number of nitrogens with one attached hydrogen (secondary N) is 1. The number of hydrogen-bond acceptors (Lipinski definition) is 5. The van der Waals surface area contributed by atoms with Gasteiger partial charge in [0.25, 0.3) is 11.8 Å². The summed E-state index contributed by atoms with van der Waals surface area (Å²) in [5.74, 6) is 0.545. The summed E-state index contributed by atoms with van der Waals surface area (Å²) >= 11 is 0. The van der Waals surface area contributed by atoms with E-state index in [-0.39, 0.29) is 18.4 Å². The van der Waals surface area contributed by atoms with E-state index >= 15 is 0 Å². The fraction of sp³-hybridized carbons (Fsp3) is 0.300. The molecule has 1 saturated heterocycles. The summed E-state index contributed by atoms with van der Waals surface area (Å²) in [6.07, 6.45) is 0. The van der Waals surface area contributed by atoms with Crippen molar-refractivity contribution in [1.82, 2.24) is 4.90 Å². The van der Waals surface area contributed by atoms with E-state index in [1.54, 1.807) is 47.4 Å². The van der Waals surface area contributed by atoms with Gasteiger partial charge >= 0.3 is 0 Å². The van der Waals surface area contributed by atoms with Crippen LogP contribution in [0.5, 0.6) is 11.5 Å². The third-order valence-corrected chi connectivity index (χ3v) is 4.16. The maximum Gasteiger partial charge on any atom is 0.262 e. The number of para-hydroxylation sites is 3. The summed E-state index contributed by atoms with van der Waals surface area (Å²) in [6.45, 7) is 1.93. The summed E-state index contributed by atoms with van der Waals surface area (Å²) in [4.78, 5) is 26.8. The van der Waals surface area contributed by atoms with E-state index in [4.69, 9.17) is 14.2 Å². The molecule has 1 fully saturated rings. The summed E-state index contributed by atoms with van der Waals surface area (Å²) in [7, 11) is 1.54. The predicted octanol–water partition coefficient (Wildman–Crippen LogP) is 2.19. The van der Waals surface area contributed by atoms with Crippen LogP contribution in [0.2, 0.25) is 0 Å². The Morgan fingerprint density at radius 2 is 1.70 bits per heavy atom. The number of benzene rings is 2. The van der Waals surface area contributed by atoms with Gasteiger partial charge in [-0.25, -0.2) is 0 Å². The third kappa shape index (κ3) is 4.77. The molecule has 0 spiro atoms. The first-order chi connectivity index (χ1) is 13.2. The van der Waals surface area contributed by atoms with E-state index in [9.17, 15) is 9.59 Å². The molecule has 142 valence electrons. The molecule has 7 nitrogen and oxygen atoms in total. The SMILES string of the molecule is COc1ccccc1OCC(=O)Nc1ccccc1C(=O)N1CCOCC1. The van der Waals surface area contributed by atoms with Gasteiger partial charge in [-0.3, -0.25) is 9.59 Å². The van der Waals surface area contributed by atoms with Crippen LogP contribution in [0.1, 0.15) is 10.4 Å². The summed E-state index contributed by atoms with van der Waals surface area (Å²) in [5, 5.41) is 2.75. The van der Waals surface area contributed by atoms with Gasteiger partial charge in [0.2, 0.25) is 0 Å². The van der Waals surface area contributed by atoms with E-state index in [1.807, 2.05) is 6.07 Å². The average molecular weight is 370 g/mol. The highest BCUT2D eigenvalue weighted by molar-refractivity contribution is 6.04. The van der Waals surface area contributed by atoms with Gasteiger partial charge < -0.3 is 24.4 Å². The molecule has 0 aromatic heterocycles. The molecule has 1 heterocycles. The van der Waals surface area contributed by atoms with Crippen molar-refractivity contribution >= 4 is 17.5 Å². The fourth-order valence-electron chi connectivity index (χ4n) is 2.78. The van der Waals surface area contributed by atoms with Gasteiger partial charge in [0.1, 0.15) is 0 Å². The molecule has 2 aromatic rings. The smallest absolute Gasteiger partial charge is 0.262 e. The van der Waals surface area contributed by atoms with Crippen LogP contribution < -0.4 is 14.8 Å². The highest BCUT2D eigenvalue weighted by atomic mass is 16.5. The number of morpholine rings is 1. The predicted molar refractivity (Wildman–Crippen MR) is 100 cm³/mol. The van der Waals surface area contributed by atoms with E-state index < -0.39 is 0 Å². The molecule has 0 bridgehead atoms. The van der Waals surface area contributed by atoms with Crippen molar-refractivity contribution in [1.29, 1.82) is 0 Å². The Kier molecular flexibility index (Phi) is 6.27. The number of rotatable bonds is 6. The molecule has 2 aromatic carbocycles. The number of nitrogens with zero attached hydrogens (tertiary/aromatic N) is 1. The maximum atomic E-state index is 12.7. The van der Waals surface area contributed by atoms with Gasteiger partial charge in [-0.15, -0.1) is 0 Å². The van der Waals surface area contributed by atoms with Crippen LogP contribution in [0.25, 0.3) is 0 Å². The van der Waals surface area contributed by atoms with Gasteiger partial charge in [-0.2, -0.15) is 0 Å². The van der Waals surface area contributed by atoms with Gasteiger partial charge in [-0.1, -0.05) is 24.3 Å². The minimum Gasteiger partial charge on any atom is -0.493 e. The van der Waals surface area contributed by atoms with Crippen molar-refractivity contribution in [2.75, 3.05) is 45.3 Å². The Labute approximate surface area is 157 Å².